The number of sulfonamides is 1. The molecule has 0 saturated carbocycles. The lowest BCUT2D eigenvalue weighted by Crippen LogP contribution is -2.13. The summed E-state index contributed by atoms with van der Waals surface area (Å²) in [6, 6.07) is 6.20. The molecule has 2 rings (SSSR count). The highest BCUT2D eigenvalue weighted by atomic mass is 79.9. The summed E-state index contributed by atoms with van der Waals surface area (Å²) in [4.78, 5) is 0.0667. The van der Waals surface area contributed by atoms with Crippen LogP contribution in [0.3, 0.4) is 0 Å². The zero-order chi connectivity index (χ0) is 14.9. The van der Waals surface area contributed by atoms with Crippen LogP contribution in [0, 0.1) is 6.92 Å². The van der Waals surface area contributed by atoms with Crippen LogP contribution in [0.4, 0.5) is 5.69 Å². The number of benzene rings is 1. The summed E-state index contributed by atoms with van der Waals surface area (Å²) in [5, 5.41) is 0.414. The number of furan rings is 1. The van der Waals surface area contributed by atoms with E-state index < -0.39 is 10.0 Å². The van der Waals surface area contributed by atoms with Crippen LogP contribution in [-0.2, 0) is 16.6 Å². The van der Waals surface area contributed by atoms with E-state index in [1.54, 1.807) is 19.1 Å². The van der Waals surface area contributed by atoms with Gasteiger partial charge in [0, 0.05) is 10.5 Å². The molecule has 1 heterocycles. The molecule has 0 aliphatic rings. The van der Waals surface area contributed by atoms with Crippen LogP contribution in [0.15, 0.2) is 38.1 Å². The summed E-state index contributed by atoms with van der Waals surface area (Å²) in [5.41, 5.74) is 5.80. The maximum absolute atomic E-state index is 12.3. The molecule has 1 aromatic heterocycles. The second-order valence-electron chi connectivity index (χ2n) is 4.07. The van der Waals surface area contributed by atoms with Gasteiger partial charge in [0.05, 0.1) is 17.3 Å². The fraction of sp³-hybridized carbons (Fsp3) is 0.167. The topological polar surface area (TPSA) is 85.3 Å². The quantitative estimate of drug-likeness (QED) is 0.854. The molecule has 0 amide bonds. The molecule has 0 aliphatic carbocycles. The molecule has 0 radical (unpaired) electrons. The third-order valence-corrected chi connectivity index (χ3v) is 5.31. The van der Waals surface area contributed by atoms with E-state index in [0.29, 0.717) is 26.7 Å². The van der Waals surface area contributed by atoms with Crippen LogP contribution < -0.4 is 10.5 Å². The summed E-state index contributed by atoms with van der Waals surface area (Å²) in [6.45, 7) is 1.71. The first-order chi connectivity index (χ1) is 9.33. The van der Waals surface area contributed by atoms with Crippen molar-refractivity contribution in [3.05, 3.63) is 45.3 Å². The van der Waals surface area contributed by atoms with Gasteiger partial charge in [0.1, 0.15) is 16.4 Å². The molecule has 0 spiro atoms. The van der Waals surface area contributed by atoms with Gasteiger partial charge in [-0.15, -0.1) is 0 Å². The Balaban J connectivity index is 2.35. The van der Waals surface area contributed by atoms with Crippen molar-refractivity contribution in [3.63, 3.8) is 0 Å². The first kappa shape index (κ1) is 15.4. The van der Waals surface area contributed by atoms with E-state index in [1.165, 1.54) is 12.1 Å². The molecular weight excluding hydrogens is 368 g/mol. The second-order valence-corrected chi connectivity index (χ2v) is 6.98. The largest absolute Gasteiger partial charge is 0.464 e. The third kappa shape index (κ3) is 3.17. The molecule has 20 heavy (non-hydrogen) atoms. The molecule has 5 nitrogen and oxygen atoms in total. The predicted octanol–water partition coefficient (Wildman–Crippen LogP) is 3.26. The van der Waals surface area contributed by atoms with E-state index in [9.17, 15) is 8.42 Å². The van der Waals surface area contributed by atoms with E-state index in [2.05, 4.69) is 20.7 Å². The van der Waals surface area contributed by atoms with Crippen molar-refractivity contribution in [3.8, 4) is 0 Å². The number of hydrogen-bond acceptors (Lipinski definition) is 4. The molecule has 0 fully saturated rings. The normalized spacial score (nSPS) is 11.6. The molecule has 8 heteroatoms. The standard InChI is InChI=1S/C12H12BrClN2O3S/c1-7-12(5-9(6-15)19-7)20(17,18)16-8-2-3-10(13)11(14)4-8/h2-5,16H,6,15H2,1H3. The van der Waals surface area contributed by atoms with Gasteiger partial charge in [0.15, 0.2) is 0 Å². The summed E-state index contributed by atoms with van der Waals surface area (Å²) < 4.78 is 32.9. The molecule has 0 bridgehead atoms. The Morgan fingerprint density at radius 2 is 2.10 bits per heavy atom. The van der Waals surface area contributed by atoms with Crippen molar-refractivity contribution in [2.24, 2.45) is 5.73 Å². The maximum Gasteiger partial charge on any atom is 0.265 e. The number of nitrogens with one attached hydrogen (secondary N) is 1. The van der Waals surface area contributed by atoms with Crippen LogP contribution in [0.2, 0.25) is 5.02 Å². The molecule has 108 valence electrons. The van der Waals surface area contributed by atoms with Gasteiger partial charge in [0.2, 0.25) is 0 Å². The lowest BCUT2D eigenvalue weighted by Gasteiger charge is -2.07. The predicted molar refractivity (Wildman–Crippen MR) is 81.3 cm³/mol. The van der Waals surface area contributed by atoms with Crippen molar-refractivity contribution < 1.29 is 12.8 Å². The van der Waals surface area contributed by atoms with Crippen LogP contribution in [0.1, 0.15) is 11.5 Å². The Morgan fingerprint density at radius 1 is 1.40 bits per heavy atom. The summed E-state index contributed by atoms with van der Waals surface area (Å²) in [7, 11) is -3.74. The van der Waals surface area contributed by atoms with Crippen molar-refractivity contribution in [1.29, 1.82) is 0 Å². The molecule has 0 saturated heterocycles. The third-order valence-electron chi connectivity index (χ3n) is 2.59. The minimum Gasteiger partial charge on any atom is -0.464 e. The van der Waals surface area contributed by atoms with E-state index >= 15 is 0 Å². The van der Waals surface area contributed by atoms with Crippen molar-refractivity contribution in [1.82, 2.24) is 0 Å². The van der Waals surface area contributed by atoms with Gasteiger partial charge in [-0.1, -0.05) is 11.6 Å². The van der Waals surface area contributed by atoms with Crippen LogP contribution in [-0.4, -0.2) is 8.42 Å². The first-order valence-corrected chi connectivity index (χ1v) is 8.26. The Kier molecular flexibility index (Phi) is 4.43. The highest BCUT2D eigenvalue weighted by Crippen LogP contribution is 2.28. The van der Waals surface area contributed by atoms with Gasteiger partial charge in [-0.05, 0) is 41.1 Å². The first-order valence-electron chi connectivity index (χ1n) is 5.60. The van der Waals surface area contributed by atoms with E-state index in [0.717, 1.165) is 0 Å². The molecule has 0 atom stereocenters. The average molecular weight is 380 g/mol. The van der Waals surface area contributed by atoms with E-state index in [-0.39, 0.29) is 11.4 Å². The minimum absolute atomic E-state index is 0.0667. The smallest absolute Gasteiger partial charge is 0.265 e. The van der Waals surface area contributed by atoms with Crippen LogP contribution >= 0.6 is 27.5 Å². The number of rotatable bonds is 4. The van der Waals surface area contributed by atoms with Crippen LogP contribution in [0.5, 0.6) is 0 Å². The lowest BCUT2D eigenvalue weighted by molar-refractivity contribution is 0.479. The molecule has 0 unspecified atom stereocenters. The monoisotopic (exact) mass is 378 g/mol. The van der Waals surface area contributed by atoms with Crippen molar-refractivity contribution in [2.75, 3.05) is 4.72 Å². The minimum atomic E-state index is -3.74. The number of halogens is 2. The van der Waals surface area contributed by atoms with Gasteiger partial charge in [-0.3, -0.25) is 4.72 Å². The SMILES string of the molecule is Cc1oc(CN)cc1S(=O)(=O)Nc1ccc(Br)c(Cl)c1. The second kappa shape index (κ2) is 5.77. The van der Waals surface area contributed by atoms with Gasteiger partial charge in [0.25, 0.3) is 10.0 Å². The summed E-state index contributed by atoms with van der Waals surface area (Å²) >= 11 is 9.17. The lowest BCUT2D eigenvalue weighted by atomic mass is 10.3. The Bertz CT molecular complexity index is 743. The maximum atomic E-state index is 12.3. The molecule has 3 N–H and O–H groups in total. The van der Waals surface area contributed by atoms with Gasteiger partial charge < -0.3 is 10.2 Å². The highest BCUT2D eigenvalue weighted by Gasteiger charge is 2.21. The Labute approximate surface area is 130 Å². The molecule has 1 aromatic carbocycles. The zero-order valence-electron chi connectivity index (χ0n) is 10.5. The molecular formula is C12H12BrClN2O3S. The van der Waals surface area contributed by atoms with Crippen LogP contribution in [0.25, 0.3) is 0 Å². The number of hydrogen-bond donors (Lipinski definition) is 2. The molecule has 0 aliphatic heterocycles. The van der Waals surface area contributed by atoms with Crippen molar-refractivity contribution >= 4 is 43.2 Å². The van der Waals surface area contributed by atoms with E-state index in [1.807, 2.05) is 0 Å². The number of nitrogens with two attached hydrogens (primary N) is 1. The van der Waals surface area contributed by atoms with Crippen molar-refractivity contribution in [2.45, 2.75) is 18.4 Å². The van der Waals surface area contributed by atoms with E-state index in [4.69, 9.17) is 21.8 Å². The number of aryl methyl sites for hydroxylation is 1. The van der Waals surface area contributed by atoms with Gasteiger partial charge in [-0.25, -0.2) is 8.42 Å². The van der Waals surface area contributed by atoms with Gasteiger partial charge in [-0.2, -0.15) is 0 Å². The Morgan fingerprint density at radius 3 is 2.65 bits per heavy atom. The van der Waals surface area contributed by atoms with Gasteiger partial charge >= 0.3 is 0 Å². The fourth-order valence-corrected chi connectivity index (χ4v) is 3.34. The highest BCUT2D eigenvalue weighted by molar-refractivity contribution is 9.10. The number of anilines is 1. The average Bonchev–Trinajstić information content (AvgIpc) is 2.76. The summed E-state index contributed by atoms with van der Waals surface area (Å²) in [5.74, 6) is 0.706. The Hall–Kier alpha value is -1.02. The summed E-state index contributed by atoms with van der Waals surface area (Å²) in [6.07, 6.45) is 0. The zero-order valence-corrected chi connectivity index (χ0v) is 13.6. The fourth-order valence-electron chi connectivity index (χ4n) is 1.66. The molecule has 2 aromatic rings.